The first kappa shape index (κ1) is 15.1. The highest BCUT2D eigenvalue weighted by Crippen LogP contribution is 2.27. The molecule has 2 aromatic rings. The number of rotatable bonds is 5. The maximum Gasteiger partial charge on any atom is 0.336 e. The van der Waals surface area contributed by atoms with Crippen LogP contribution in [0.15, 0.2) is 6.20 Å². The number of aromatic nitrogens is 4. The molecule has 2 aromatic heterocycles. The molecule has 6 nitrogen and oxygen atoms in total. The van der Waals surface area contributed by atoms with Crippen LogP contribution >= 0.6 is 0 Å². The minimum absolute atomic E-state index is 0.0714. The summed E-state index contributed by atoms with van der Waals surface area (Å²) in [6.45, 7) is 4.07. The van der Waals surface area contributed by atoms with Crippen LogP contribution in [0.4, 0.5) is 5.82 Å². The van der Waals surface area contributed by atoms with Crippen molar-refractivity contribution in [3.8, 4) is 6.01 Å². The number of fused-ring (bicyclic) bond motifs is 1. The second-order valence-electron chi connectivity index (χ2n) is 6.31. The Morgan fingerprint density at radius 2 is 2.14 bits per heavy atom. The minimum atomic E-state index is 0.0714. The van der Waals surface area contributed by atoms with Crippen molar-refractivity contribution in [3.63, 3.8) is 0 Å². The molecule has 0 radical (unpaired) electrons. The van der Waals surface area contributed by atoms with Crippen molar-refractivity contribution in [2.24, 2.45) is 5.92 Å². The number of imidazole rings is 1. The highest BCUT2D eigenvalue weighted by Gasteiger charge is 2.18. The zero-order valence-electron chi connectivity index (χ0n) is 13.5. The Hall–Kier alpha value is -1.85. The van der Waals surface area contributed by atoms with E-state index in [4.69, 9.17) is 10.5 Å². The lowest BCUT2D eigenvalue weighted by Crippen LogP contribution is -2.16. The van der Waals surface area contributed by atoms with Gasteiger partial charge in [0.15, 0.2) is 11.5 Å². The van der Waals surface area contributed by atoms with Gasteiger partial charge in [-0.1, -0.05) is 39.0 Å². The van der Waals surface area contributed by atoms with Gasteiger partial charge in [0.1, 0.15) is 0 Å². The fraction of sp³-hybridized carbons (Fsp3) is 0.688. The van der Waals surface area contributed by atoms with Gasteiger partial charge < -0.3 is 10.5 Å². The van der Waals surface area contributed by atoms with Gasteiger partial charge in [0.2, 0.25) is 0 Å². The maximum absolute atomic E-state index is 6.01. The van der Waals surface area contributed by atoms with E-state index >= 15 is 0 Å². The predicted octanol–water partition coefficient (Wildman–Crippen LogP) is 3.01. The van der Waals surface area contributed by atoms with E-state index in [-0.39, 0.29) is 6.10 Å². The molecular formula is C16H25N5O. The highest BCUT2D eigenvalue weighted by atomic mass is 16.5. The third kappa shape index (κ3) is 3.15. The molecule has 2 N–H and O–H groups in total. The van der Waals surface area contributed by atoms with Crippen LogP contribution in [0.1, 0.15) is 58.1 Å². The summed E-state index contributed by atoms with van der Waals surface area (Å²) < 4.78 is 7.53. The molecule has 1 fully saturated rings. The minimum Gasteiger partial charge on any atom is -0.459 e. The molecule has 0 aromatic carbocycles. The Bertz CT molecular complexity index is 633. The average Bonchev–Trinajstić information content (AvgIpc) is 2.92. The number of nitrogens with two attached hydrogens (primary N) is 1. The van der Waals surface area contributed by atoms with Crippen LogP contribution in [0.5, 0.6) is 6.01 Å². The molecule has 2 heterocycles. The van der Waals surface area contributed by atoms with Crippen molar-refractivity contribution in [1.82, 2.24) is 19.6 Å². The van der Waals surface area contributed by atoms with E-state index in [9.17, 15) is 0 Å². The molecule has 0 bridgehead atoms. The first-order valence-corrected chi connectivity index (χ1v) is 8.34. The molecule has 0 saturated heterocycles. The largest absolute Gasteiger partial charge is 0.459 e. The third-order valence-corrected chi connectivity index (χ3v) is 4.54. The quantitative estimate of drug-likeness (QED) is 0.918. The third-order valence-electron chi connectivity index (χ3n) is 4.54. The zero-order valence-corrected chi connectivity index (χ0v) is 13.5. The van der Waals surface area contributed by atoms with E-state index in [0.29, 0.717) is 17.5 Å². The number of ether oxygens (including phenoxy) is 1. The van der Waals surface area contributed by atoms with Crippen LogP contribution in [0.25, 0.3) is 5.65 Å². The molecule has 0 aliphatic heterocycles. The van der Waals surface area contributed by atoms with Crippen LogP contribution in [-0.4, -0.2) is 25.7 Å². The lowest BCUT2D eigenvalue weighted by Gasteiger charge is -2.20. The van der Waals surface area contributed by atoms with Gasteiger partial charge in [0.05, 0.1) is 18.0 Å². The topological polar surface area (TPSA) is 78.3 Å². The highest BCUT2D eigenvalue weighted by molar-refractivity contribution is 5.59. The molecule has 1 saturated carbocycles. The van der Waals surface area contributed by atoms with Crippen LogP contribution in [-0.2, 0) is 6.42 Å². The first-order chi connectivity index (χ1) is 10.7. The van der Waals surface area contributed by atoms with Gasteiger partial charge in [-0.15, -0.1) is 5.10 Å². The fourth-order valence-electron chi connectivity index (χ4n) is 3.07. The van der Waals surface area contributed by atoms with E-state index in [2.05, 4.69) is 22.0 Å². The number of nitrogen functional groups attached to an aromatic ring is 1. The lowest BCUT2D eigenvalue weighted by atomic mass is 9.86. The van der Waals surface area contributed by atoms with Crippen molar-refractivity contribution in [1.29, 1.82) is 0 Å². The van der Waals surface area contributed by atoms with Gasteiger partial charge in [0.25, 0.3) is 0 Å². The molecule has 0 unspecified atom stereocenters. The smallest absolute Gasteiger partial charge is 0.336 e. The first-order valence-electron chi connectivity index (χ1n) is 8.34. The Labute approximate surface area is 131 Å². The monoisotopic (exact) mass is 303 g/mol. The molecule has 0 spiro atoms. The van der Waals surface area contributed by atoms with Crippen molar-refractivity contribution in [3.05, 3.63) is 11.9 Å². The summed E-state index contributed by atoms with van der Waals surface area (Å²) in [5, 5.41) is 4.49. The summed E-state index contributed by atoms with van der Waals surface area (Å²) in [4.78, 5) is 8.59. The van der Waals surface area contributed by atoms with Crippen LogP contribution in [0, 0.1) is 5.92 Å². The van der Waals surface area contributed by atoms with Gasteiger partial charge in [0, 0.05) is 0 Å². The molecule has 1 aliphatic carbocycles. The molecule has 1 aliphatic rings. The van der Waals surface area contributed by atoms with Gasteiger partial charge in [-0.25, -0.2) is 9.50 Å². The molecule has 6 heteroatoms. The molecule has 1 atom stereocenters. The van der Waals surface area contributed by atoms with Gasteiger partial charge in [-0.05, 0) is 25.7 Å². The Balaban J connectivity index is 1.87. The normalized spacial score (nSPS) is 17.7. The summed E-state index contributed by atoms with van der Waals surface area (Å²) in [5.74, 6) is 1.10. The second-order valence-corrected chi connectivity index (χ2v) is 6.31. The fourth-order valence-corrected chi connectivity index (χ4v) is 3.07. The summed E-state index contributed by atoms with van der Waals surface area (Å²) in [6, 6.07) is 0.335. The second kappa shape index (κ2) is 6.50. The maximum atomic E-state index is 6.01. The molecular weight excluding hydrogens is 278 g/mol. The van der Waals surface area contributed by atoms with Crippen LogP contribution < -0.4 is 10.5 Å². The zero-order chi connectivity index (χ0) is 15.5. The Morgan fingerprint density at radius 3 is 2.86 bits per heavy atom. The summed E-state index contributed by atoms with van der Waals surface area (Å²) in [5.41, 5.74) is 7.74. The number of anilines is 1. The van der Waals surface area contributed by atoms with Gasteiger partial charge in [-0.3, -0.25) is 0 Å². The van der Waals surface area contributed by atoms with Crippen molar-refractivity contribution in [2.75, 3.05) is 5.73 Å². The van der Waals surface area contributed by atoms with E-state index in [0.717, 1.165) is 24.5 Å². The van der Waals surface area contributed by atoms with Crippen molar-refractivity contribution >= 4 is 11.5 Å². The average molecular weight is 303 g/mol. The summed E-state index contributed by atoms with van der Waals surface area (Å²) in [6.07, 6.45) is 10.5. The predicted molar refractivity (Wildman–Crippen MR) is 85.9 cm³/mol. The Morgan fingerprint density at radius 1 is 1.36 bits per heavy atom. The van der Waals surface area contributed by atoms with Crippen molar-refractivity contribution in [2.45, 2.75) is 64.9 Å². The Kier molecular flexibility index (Phi) is 4.45. The van der Waals surface area contributed by atoms with E-state index in [1.165, 1.54) is 32.1 Å². The van der Waals surface area contributed by atoms with Gasteiger partial charge in [-0.2, -0.15) is 4.98 Å². The standard InChI is InChI=1S/C16H25N5O/c1-3-11(2)22-16-19-14(17)15-18-10-13(21(15)20-16)9-12-7-5-4-6-8-12/h10-12H,3-9H2,1-2H3,(H2,17,19,20)/t11-/m0/s1. The number of hydrogen-bond acceptors (Lipinski definition) is 5. The number of hydrogen-bond donors (Lipinski definition) is 1. The van der Waals surface area contributed by atoms with E-state index in [1.54, 1.807) is 0 Å². The summed E-state index contributed by atoms with van der Waals surface area (Å²) in [7, 11) is 0. The van der Waals surface area contributed by atoms with E-state index < -0.39 is 0 Å². The molecule has 3 rings (SSSR count). The molecule has 22 heavy (non-hydrogen) atoms. The van der Waals surface area contributed by atoms with E-state index in [1.807, 2.05) is 17.6 Å². The number of nitrogens with zero attached hydrogens (tertiary/aromatic N) is 4. The SMILES string of the molecule is CC[C@H](C)Oc1nc(N)c2ncc(CC3CCCCC3)n2n1. The summed E-state index contributed by atoms with van der Waals surface area (Å²) >= 11 is 0. The van der Waals surface area contributed by atoms with Gasteiger partial charge >= 0.3 is 6.01 Å². The van der Waals surface area contributed by atoms with Crippen molar-refractivity contribution < 1.29 is 4.74 Å². The molecule has 120 valence electrons. The van der Waals surface area contributed by atoms with Crippen LogP contribution in [0.2, 0.25) is 0 Å². The molecule has 0 amide bonds. The van der Waals surface area contributed by atoms with Crippen LogP contribution in [0.3, 0.4) is 0 Å². The lowest BCUT2D eigenvalue weighted by molar-refractivity contribution is 0.196.